The molecule has 2 fully saturated rings. The number of nitrogens with zero attached hydrogens (tertiary/aromatic N) is 1. The number of rotatable bonds is 7. The fraction of sp³-hybridized carbons (Fsp3) is 0.600. The summed E-state index contributed by atoms with van der Waals surface area (Å²) in [7, 11) is 0. The second-order valence-electron chi connectivity index (χ2n) is 7.36. The Morgan fingerprint density at radius 2 is 1.96 bits per heavy atom. The number of halogens is 2. The number of nitrogens with one attached hydrogen (secondary N) is 2. The van der Waals surface area contributed by atoms with Crippen LogP contribution < -0.4 is 15.4 Å². The van der Waals surface area contributed by atoms with Crippen molar-refractivity contribution in [3.8, 4) is 5.75 Å². The predicted octanol–water partition coefficient (Wildman–Crippen LogP) is 3.34. The standard InChI is InChI=1S/C20H28ClN3O3.ClH/c1-3-24(4-2)18(25)13-27-17-6-5-14(11-16(17)21)23-19(26)15-12-20(15)7-9-22-10-8-20;/h5-6,11,15,22H,3-4,7-10,12-13H2,1-2H3,(H,23,26);1H. The highest BCUT2D eigenvalue weighted by Crippen LogP contribution is 2.58. The number of likely N-dealkylation sites (N-methyl/N-ethyl adjacent to an activating group) is 1. The van der Waals surface area contributed by atoms with E-state index in [-0.39, 0.29) is 42.2 Å². The third-order valence-corrected chi connectivity index (χ3v) is 6.07. The first kappa shape index (κ1) is 22.8. The van der Waals surface area contributed by atoms with E-state index in [1.807, 2.05) is 13.8 Å². The van der Waals surface area contributed by atoms with Gasteiger partial charge in [-0.05, 0) is 69.8 Å². The summed E-state index contributed by atoms with van der Waals surface area (Å²) in [6.07, 6.45) is 3.11. The number of hydrogen-bond donors (Lipinski definition) is 2. The molecule has 3 rings (SSSR count). The van der Waals surface area contributed by atoms with Gasteiger partial charge in [-0.3, -0.25) is 9.59 Å². The third-order valence-electron chi connectivity index (χ3n) is 5.77. The molecule has 2 aliphatic rings. The van der Waals surface area contributed by atoms with Crippen molar-refractivity contribution < 1.29 is 14.3 Å². The first-order chi connectivity index (χ1) is 13.0. The molecule has 1 heterocycles. The Labute approximate surface area is 177 Å². The van der Waals surface area contributed by atoms with Crippen molar-refractivity contribution >= 4 is 41.5 Å². The lowest BCUT2D eigenvalue weighted by atomic mass is 9.92. The monoisotopic (exact) mass is 429 g/mol. The summed E-state index contributed by atoms with van der Waals surface area (Å²) in [5.41, 5.74) is 0.857. The van der Waals surface area contributed by atoms with Crippen molar-refractivity contribution in [1.82, 2.24) is 10.2 Å². The van der Waals surface area contributed by atoms with Gasteiger partial charge in [0.25, 0.3) is 5.91 Å². The van der Waals surface area contributed by atoms with E-state index < -0.39 is 0 Å². The summed E-state index contributed by atoms with van der Waals surface area (Å²) in [5.74, 6) is 0.533. The van der Waals surface area contributed by atoms with E-state index in [0.717, 1.165) is 32.4 Å². The summed E-state index contributed by atoms with van der Waals surface area (Å²) >= 11 is 6.27. The first-order valence-electron chi connectivity index (χ1n) is 9.71. The van der Waals surface area contributed by atoms with Gasteiger partial charge in [0.1, 0.15) is 5.75 Å². The number of ether oxygens (including phenoxy) is 1. The lowest BCUT2D eigenvalue weighted by Gasteiger charge is -2.23. The Morgan fingerprint density at radius 3 is 2.57 bits per heavy atom. The molecule has 1 atom stereocenters. The zero-order valence-electron chi connectivity index (χ0n) is 16.4. The fourth-order valence-electron chi connectivity index (χ4n) is 3.93. The number of benzene rings is 1. The van der Waals surface area contributed by atoms with Crippen LogP contribution in [0.5, 0.6) is 5.75 Å². The molecule has 156 valence electrons. The van der Waals surface area contributed by atoms with Gasteiger partial charge in [-0.25, -0.2) is 0 Å². The van der Waals surface area contributed by atoms with E-state index in [1.165, 1.54) is 0 Å². The number of carbonyl (C=O) groups is 2. The van der Waals surface area contributed by atoms with Crippen molar-refractivity contribution in [2.45, 2.75) is 33.1 Å². The average molecular weight is 430 g/mol. The van der Waals surface area contributed by atoms with Crippen molar-refractivity contribution in [2.24, 2.45) is 11.3 Å². The number of anilines is 1. The predicted molar refractivity (Wildman–Crippen MR) is 113 cm³/mol. The molecule has 28 heavy (non-hydrogen) atoms. The molecule has 1 spiro atoms. The maximum absolute atomic E-state index is 12.5. The van der Waals surface area contributed by atoms with Gasteiger partial charge in [-0.1, -0.05) is 11.6 Å². The second kappa shape index (κ2) is 9.81. The van der Waals surface area contributed by atoms with Gasteiger partial charge in [0, 0.05) is 24.7 Å². The van der Waals surface area contributed by atoms with Gasteiger partial charge >= 0.3 is 0 Å². The topological polar surface area (TPSA) is 70.7 Å². The highest BCUT2D eigenvalue weighted by atomic mass is 35.5. The van der Waals surface area contributed by atoms with Crippen LogP contribution in [0.3, 0.4) is 0 Å². The van der Waals surface area contributed by atoms with E-state index in [0.29, 0.717) is 29.5 Å². The molecular formula is C20H29Cl2N3O3. The van der Waals surface area contributed by atoms with Gasteiger partial charge in [0.05, 0.1) is 5.02 Å². The molecule has 0 bridgehead atoms. The van der Waals surface area contributed by atoms with Crippen LogP contribution in [0.15, 0.2) is 18.2 Å². The smallest absolute Gasteiger partial charge is 0.260 e. The van der Waals surface area contributed by atoms with Crippen LogP contribution in [0.4, 0.5) is 5.69 Å². The summed E-state index contributed by atoms with van der Waals surface area (Å²) in [6, 6.07) is 5.13. The van der Waals surface area contributed by atoms with Crippen molar-refractivity contribution in [3.63, 3.8) is 0 Å². The van der Waals surface area contributed by atoms with Crippen LogP contribution in [-0.4, -0.2) is 49.5 Å². The van der Waals surface area contributed by atoms with E-state index in [9.17, 15) is 9.59 Å². The molecule has 6 nitrogen and oxygen atoms in total. The van der Waals surface area contributed by atoms with E-state index in [1.54, 1.807) is 23.1 Å². The third kappa shape index (κ3) is 5.10. The normalized spacial score (nSPS) is 19.5. The van der Waals surface area contributed by atoms with Crippen molar-refractivity contribution in [3.05, 3.63) is 23.2 Å². The van der Waals surface area contributed by atoms with Gasteiger partial charge in [-0.15, -0.1) is 12.4 Å². The quantitative estimate of drug-likeness (QED) is 0.696. The summed E-state index contributed by atoms with van der Waals surface area (Å²) in [5, 5.41) is 6.70. The molecule has 2 amide bonds. The second-order valence-corrected chi connectivity index (χ2v) is 7.77. The molecular weight excluding hydrogens is 401 g/mol. The molecule has 1 unspecified atom stereocenters. The molecule has 0 aromatic heterocycles. The summed E-state index contributed by atoms with van der Waals surface area (Å²) in [6.45, 7) is 7.10. The largest absolute Gasteiger partial charge is 0.482 e. The Morgan fingerprint density at radius 1 is 1.29 bits per heavy atom. The van der Waals surface area contributed by atoms with Gasteiger partial charge < -0.3 is 20.3 Å². The maximum atomic E-state index is 12.5. The molecule has 1 aromatic carbocycles. The Bertz CT molecular complexity index is 704. The number of hydrogen-bond acceptors (Lipinski definition) is 4. The first-order valence-corrected chi connectivity index (χ1v) is 10.1. The van der Waals surface area contributed by atoms with Gasteiger partial charge in [0.15, 0.2) is 6.61 Å². The zero-order valence-corrected chi connectivity index (χ0v) is 18.0. The number of piperidine rings is 1. The van der Waals surface area contributed by atoms with Crippen LogP contribution >= 0.6 is 24.0 Å². The lowest BCUT2D eigenvalue weighted by Crippen LogP contribution is -2.34. The minimum atomic E-state index is -0.0746. The van der Waals surface area contributed by atoms with Crippen LogP contribution in [0.25, 0.3) is 0 Å². The molecule has 1 saturated carbocycles. The van der Waals surface area contributed by atoms with Crippen LogP contribution in [0.1, 0.15) is 33.1 Å². The molecule has 1 aromatic rings. The SMILES string of the molecule is CCN(CC)C(=O)COc1ccc(NC(=O)C2CC23CCNCC3)cc1Cl.Cl. The fourth-order valence-corrected chi connectivity index (χ4v) is 4.16. The average Bonchev–Trinajstić information content (AvgIpc) is 3.35. The van der Waals surface area contributed by atoms with E-state index in [4.69, 9.17) is 16.3 Å². The number of amides is 2. The van der Waals surface area contributed by atoms with Gasteiger partial charge in [-0.2, -0.15) is 0 Å². The molecule has 2 N–H and O–H groups in total. The van der Waals surface area contributed by atoms with E-state index in [2.05, 4.69) is 10.6 Å². The number of carbonyl (C=O) groups excluding carboxylic acids is 2. The van der Waals surface area contributed by atoms with Crippen molar-refractivity contribution in [1.29, 1.82) is 0 Å². The molecule has 0 radical (unpaired) electrons. The lowest BCUT2D eigenvalue weighted by molar-refractivity contribution is -0.133. The molecule has 1 aliphatic carbocycles. The minimum absolute atomic E-state index is 0. The van der Waals surface area contributed by atoms with Crippen LogP contribution in [0, 0.1) is 11.3 Å². The van der Waals surface area contributed by atoms with E-state index >= 15 is 0 Å². The molecule has 8 heteroatoms. The molecule has 1 saturated heterocycles. The summed E-state index contributed by atoms with van der Waals surface area (Å²) in [4.78, 5) is 26.3. The Balaban J connectivity index is 0.00000280. The Hall–Kier alpha value is -1.50. The van der Waals surface area contributed by atoms with Gasteiger partial charge in [0.2, 0.25) is 5.91 Å². The zero-order chi connectivity index (χ0) is 19.4. The van der Waals surface area contributed by atoms with Crippen molar-refractivity contribution in [2.75, 3.05) is 38.1 Å². The summed E-state index contributed by atoms with van der Waals surface area (Å²) < 4.78 is 5.55. The van der Waals surface area contributed by atoms with Crippen LogP contribution in [-0.2, 0) is 9.59 Å². The maximum Gasteiger partial charge on any atom is 0.260 e. The Kier molecular flexibility index (Phi) is 7.98. The highest BCUT2D eigenvalue weighted by molar-refractivity contribution is 6.32. The van der Waals surface area contributed by atoms with Crippen LogP contribution in [0.2, 0.25) is 5.02 Å². The minimum Gasteiger partial charge on any atom is -0.482 e. The highest BCUT2D eigenvalue weighted by Gasteiger charge is 2.57. The molecule has 1 aliphatic heterocycles.